The van der Waals surface area contributed by atoms with E-state index in [1.165, 1.54) is 24.2 Å². The van der Waals surface area contributed by atoms with Gasteiger partial charge in [-0.2, -0.15) is 5.10 Å². The van der Waals surface area contributed by atoms with E-state index in [1.807, 2.05) is 7.05 Å². The number of thiazole rings is 1. The van der Waals surface area contributed by atoms with Gasteiger partial charge < -0.3 is 16.0 Å². The van der Waals surface area contributed by atoms with E-state index in [1.54, 1.807) is 29.1 Å². The minimum absolute atomic E-state index is 0.164. The molecule has 0 aliphatic carbocycles. The van der Waals surface area contributed by atoms with Gasteiger partial charge >= 0.3 is 0 Å². The molecule has 0 bridgehead atoms. The average molecular weight is 465 g/mol. The Labute approximate surface area is 188 Å². The van der Waals surface area contributed by atoms with Crippen LogP contribution in [-0.2, 0) is 7.05 Å². The van der Waals surface area contributed by atoms with E-state index in [0.29, 0.717) is 31.3 Å². The molecule has 7 nitrogen and oxygen atoms in total. The smallest absolute Gasteiger partial charge is 0.277 e. The van der Waals surface area contributed by atoms with Crippen molar-refractivity contribution in [2.75, 3.05) is 29.0 Å². The van der Waals surface area contributed by atoms with Gasteiger partial charge in [0.25, 0.3) is 5.91 Å². The lowest BCUT2D eigenvalue weighted by atomic mass is 10.2. The number of carbonyl (C=O) groups excluding carboxylic acids is 1. The average Bonchev–Trinajstić information content (AvgIpc) is 3.15. The predicted molar refractivity (Wildman–Crippen MR) is 124 cm³/mol. The highest BCUT2D eigenvalue weighted by atomic mass is 35.5. The molecule has 1 aliphatic heterocycles. The minimum atomic E-state index is -0.378. The monoisotopic (exact) mass is 464 g/mol. The van der Waals surface area contributed by atoms with Crippen LogP contribution in [0.4, 0.5) is 16.5 Å². The number of amides is 1. The van der Waals surface area contributed by atoms with Crippen molar-refractivity contribution in [3.63, 3.8) is 0 Å². The molecule has 0 radical (unpaired) electrons. The van der Waals surface area contributed by atoms with Crippen molar-refractivity contribution in [1.29, 1.82) is 0 Å². The van der Waals surface area contributed by atoms with Gasteiger partial charge in [-0.05, 0) is 31.0 Å². The van der Waals surface area contributed by atoms with Crippen LogP contribution in [0.2, 0.25) is 10.0 Å². The highest BCUT2D eigenvalue weighted by molar-refractivity contribution is 7.19. The van der Waals surface area contributed by atoms with Gasteiger partial charge in [0.2, 0.25) is 0 Å². The van der Waals surface area contributed by atoms with Crippen molar-refractivity contribution >= 4 is 57.0 Å². The first-order valence-corrected chi connectivity index (χ1v) is 11.3. The lowest BCUT2D eigenvalue weighted by molar-refractivity contribution is 0.102. The Morgan fingerprint density at radius 1 is 1.20 bits per heavy atom. The second kappa shape index (κ2) is 8.83. The van der Waals surface area contributed by atoms with Crippen molar-refractivity contribution in [3.05, 3.63) is 40.1 Å². The fourth-order valence-electron chi connectivity index (χ4n) is 3.63. The topological polar surface area (TPSA) is 89.1 Å². The minimum Gasteiger partial charge on any atom is -0.389 e. The van der Waals surface area contributed by atoms with Gasteiger partial charge in [-0.15, -0.1) is 0 Å². The first kappa shape index (κ1) is 21.0. The number of nitrogens with zero attached hydrogens (tertiary/aromatic N) is 4. The molecule has 2 aromatic heterocycles. The van der Waals surface area contributed by atoms with Crippen LogP contribution in [0.15, 0.2) is 24.4 Å². The third-order valence-electron chi connectivity index (χ3n) is 5.09. The zero-order valence-electron chi connectivity index (χ0n) is 16.5. The standard InChI is InChI=1S/C20H22Cl2N6OS/c1-27-20(28-8-4-2-3-5-9-28)15(11-24-27)25-18(29)16-17(23)30-19(26-16)13-10-12(21)6-7-14(13)22/h6-7,10-11H,2-5,8-9,23H2,1H3,(H,25,29). The molecule has 0 spiro atoms. The summed E-state index contributed by atoms with van der Waals surface area (Å²) in [5.41, 5.74) is 7.58. The van der Waals surface area contributed by atoms with Crippen LogP contribution in [0.25, 0.3) is 10.6 Å². The quantitative estimate of drug-likeness (QED) is 0.562. The summed E-state index contributed by atoms with van der Waals surface area (Å²) in [6.07, 6.45) is 6.36. The number of hydrogen-bond acceptors (Lipinski definition) is 6. The summed E-state index contributed by atoms with van der Waals surface area (Å²) in [5.74, 6) is 0.523. The molecular formula is C20H22Cl2N6OS. The van der Waals surface area contributed by atoms with E-state index in [2.05, 4.69) is 20.3 Å². The van der Waals surface area contributed by atoms with Gasteiger partial charge in [0.1, 0.15) is 15.7 Å². The number of rotatable bonds is 4. The lowest BCUT2D eigenvalue weighted by Gasteiger charge is -2.23. The molecule has 30 heavy (non-hydrogen) atoms. The lowest BCUT2D eigenvalue weighted by Crippen LogP contribution is -2.27. The Balaban J connectivity index is 1.60. The Bertz CT molecular complexity index is 1070. The molecule has 1 fully saturated rings. The Kier molecular flexibility index (Phi) is 6.17. The van der Waals surface area contributed by atoms with Crippen molar-refractivity contribution in [2.24, 2.45) is 7.05 Å². The van der Waals surface area contributed by atoms with Crippen LogP contribution in [0.5, 0.6) is 0 Å². The molecule has 1 saturated heterocycles. The van der Waals surface area contributed by atoms with Crippen LogP contribution in [0.1, 0.15) is 36.2 Å². The molecule has 3 heterocycles. The zero-order chi connectivity index (χ0) is 21.3. The summed E-state index contributed by atoms with van der Waals surface area (Å²) in [4.78, 5) is 19.7. The predicted octanol–water partition coefficient (Wildman–Crippen LogP) is 5.07. The maximum Gasteiger partial charge on any atom is 0.277 e. The highest BCUT2D eigenvalue weighted by Crippen LogP contribution is 2.36. The first-order chi connectivity index (χ1) is 14.4. The summed E-state index contributed by atoms with van der Waals surface area (Å²) in [6, 6.07) is 5.10. The van der Waals surface area contributed by atoms with Gasteiger partial charge in [-0.3, -0.25) is 9.48 Å². The third-order valence-corrected chi connectivity index (χ3v) is 6.57. The van der Waals surface area contributed by atoms with E-state index >= 15 is 0 Å². The summed E-state index contributed by atoms with van der Waals surface area (Å²) in [7, 11) is 1.88. The largest absolute Gasteiger partial charge is 0.389 e. The number of carbonyl (C=O) groups is 1. The maximum atomic E-state index is 13.0. The van der Waals surface area contributed by atoms with Crippen molar-refractivity contribution in [1.82, 2.24) is 14.8 Å². The molecule has 10 heteroatoms. The molecule has 0 atom stereocenters. The SMILES string of the molecule is Cn1ncc(NC(=O)c2nc(-c3cc(Cl)ccc3Cl)sc2N)c1N1CCCCCC1. The van der Waals surface area contributed by atoms with Crippen LogP contribution in [0.3, 0.4) is 0 Å². The number of hydrogen-bond donors (Lipinski definition) is 2. The number of benzene rings is 1. The Hall–Kier alpha value is -2.29. The molecule has 158 valence electrons. The Morgan fingerprint density at radius 2 is 1.93 bits per heavy atom. The molecular weight excluding hydrogens is 443 g/mol. The number of anilines is 3. The summed E-state index contributed by atoms with van der Waals surface area (Å²) in [6.45, 7) is 1.89. The van der Waals surface area contributed by atoms with E-state index < -0.39 is 0 Å². The first-order valence-electron chi connectivity index (χ1n) is 9.74. The highest BCUT2D eigenvalue weighted by Gasteiger charge is 2.23. The van der Waals surface area contributed by atoms with E-state index in [0.717, 1.165) is 31.7 Å². The number of aryl methyl sites for hydroxylation is 1. The third kappa shape index (κ3) is 4.26. The van der Waals surface area contributed by atoms with Crippen molar-refractivity contribution in [3.8, 4) is 10.6 Å². The Morgan fingerprint density at radius 3 is 2.67 bits per heavy atom. The van der Waals surface area contributed by atoms with E-state index in [-0.39, 0.29) is 11.6 Å². The zero-order valence-corrected chi connectivity index (χ0v) is 18.8. The van der Waals surface area contributed by atoms with Crippen LogP contribution >= 0.6 is 34.5 Å². The number of nitrogens with one attached hydrogen (secondary N) is 1. The molecule has 4 rings (SSSR count). The van der Waals surface area contributed by atoms with Crippen LogP contribution in [-0.4, -0.2) is 33.8 Å². The van der Waals surface area contributed by atoms with Crippen molar-refractivity contribution < 1.29 is 4.79 Å². The summed E-state index contributed by atoms with van der Waals surface area (Å²) in [5, 5.41) is 9.18. The fraction of sp³-hybridized carbons (Fsp3) is 0.350. The van der Waals surface area contributed by atoms with Gasteiger partial charge in [0.05, 0.1) is 11.2 Å². The second-order valence-electron chi connectivity index (χ2n) is 7.22. The number of nitrogen functional groups attached to an aromatic ring is 1. The summed E-state index contributed by atoms with van der Waals surface area (Å²) >= 11 is 13.6. The molecule has 0 unspecified atom stereocenters. The molecule has 3 aromatic rings. The van der Waals surface area contributed by atoms with Gasteiger partial charge in [-0.1, -0.05) is 47.4 Å². The second-order valence-corrected chi connectivity index (χ2v) is 9.09. The van der Waals surface area contributed by atoms with E-state index in [4.69, 9.17) is 28.9 Å². The number of nitrogens with two attached hydrogens (primary N) is 1. The van der Waals surface area contributed by atoms with Gasteiger partial charge in [0, 0.05) is 30.7 Å². The molecule has 1 aliphatic rings. The maximum absolute atomic E-state index is 13.0. The number of halogens is 2. The fourth-order valence-corrected chi connectivity index (χ4v) is 4.92. The number of aromatic nitrogens is 3. The normalized spacial score (nSPS) is 14.6. The molecule has 1 aromatic carbocycles. The summed E-state index contributed by atoms with van der Waals surface area (Å²) < 4.78 is 1.79. The molecule has 0 saturated carbocycles. The molecule has 3 N–H and O–H groups in total. The van der Waals surface area contributed by atoms with Gasteiger partial charge in [-0.25, -0.2) is 4.98 Å². The van der Waals surface area contributed by atoms with E-state index in [9.17, 15) is 4.79 Å². The van der Waals surface area contributed by atoms with Crippen LogP contribution in [0, 0.1) is 0 Å². The van der Waals surface area contributed by atoms with Crippen molar-refractivity contribution in [2.45, 2.75) is 25.7 Å². The van der Waals surface area contributed by atoms with Gasteiger partial charge in [0.15, 0.2) is 11.5 Å². The molecule has 1 amide bonds. The van der Waals surface area contributed by atoms with Crippen LogP contribution < -0.4 is 16.0 Å².